The van der Waals surface area contributed by atoms with Crippen molar-refractivity contribution < 1.29 is 0 Å². The van der Waals surface area contributed by atoms with Gasteiger partial charge in [-0.3, -0.25) is 0 Å². The Morgan fingerprint density at radius 1 is 1.11 bits per heavy atom. The molecule has 1 heteroatoms. The standard InChI is InChI=1S/C17H27N/c1-3-18(4-2)16-11-7-9-14-12-13-8-5-6-10-15(13)17(14)16/h5-6,14,16-17H,3-4,7-12H2,1-2H3. The first-order valence-electron chi connectivity index (χ1n) is 7.95. The van der Waals surface area contributed by atoms with Gasteiger partial charge in [-0.05, 0) is 57.0 Å². The molecule has 0 spiro atoms. The lowest BCUT2D eigenvalue weighted by molar-refractivity contribution is 0.100. The zero-order valence-electron chi connectivity index (χ0n) is 12.0. The van der Waals surface area contributed by atoms with E-state index in [4.69, 9.17) is 0 Å². The maximum atomic E-state index is 2.73. The highest BCUT2D eigenvalue weighted by Crippen LogP contribution is 2.50. The van der Waals surface area contributed by atoms with E-state index in [1.54, 1.807) is 0 Å². The summed E-state index contributed by atoms with van der Waals surface area (Å²) in [7, 11) is 0. The molecule has 1 fully saturated rings. The fourth-order valence-electron chi connectivity index (χ4n) is 4.72. The van der Waals surface area contributed by atoms with Crippen LogP contribution in [0.25, 0.3) is 0 Å². The van der Waals surface area contributed by atoms with Gasteiger partial charge in [0.25, 0.3) is 0 Å². The topological polar surface area (TPSA) is 3.24 Å². The summed E-state index contributed by atoms with van der Waals surface area (Å²) in [5.41, 5.74) is 3.66. The van der Waals surface area contributed by atoms with Crippen LogP contribution in [0.4, 0.5) is 0 Å². The third-order valence-corrected chi connectivity index (χ3v) is 5.51. The normalized spacial score (nSPS) is 34.9. The van der Waals surface area contributed by atoms with E-state index in [-0.39, 0.29) is 0 Å². The number of rotatable bonds is 3. The Hall–Kier alpha value is -0.560. The van der Waals surface area contributed by atoms with E-state index < -0.39 is 0 Å². The predicted molar refractivity (Wildman–Crippen MR) is 77.6 cm³/mol. The molecule has 3 unspecified atom stereocenters. The van der Waals surface area contributed by atoms with Crippen molar-refractivity contribution in [3.05, 3.63) is 23.3 Å². The van der Waals surface area contributed by atoms with Crippen molar-refractivity contribution >= 4 is 0 Å². The lowest BCUT2D eigenvalue weighted by Crippen LogP contribution is -2.45. The van der Waals surface area contributed by atoms with Crippen LogP contribution < -0.4 is 0 Å². The first kappa shape index (κ1) is 12.5. The monoisotopic (exact) mass is 245 g/mol. The van der Waals surface area contributed by atoms with E-state index in [2.05, 4.69) is 30.9 Å². The Morgan fingerprint density at radius 3 is 2.67 bits per heavy atom. The molecule has 0 saturated heterocycles. The van der Waals surface area contributed by atoms with Gasteiger partial charge in [0, 0.05) is 6.04 Å². The van der Waals surface area contributed by atoms with Crippen LogP contribution in [0.5, 0.6) is 0 Å². The molecule has 0 heterocycles. The molecule has 0 aliphatic heterocycles. The van der Waals surface area contributed by atoms with Gasteiger partial charge in [0.1, 0.15) is 0 Å². The van der Waals surface area contributed by atoms with Crippen molar-refractivity contribution in [2.75, 3.05) is 13.1 Å². The van der Waals surface area contributed by atoms with Gasteiger partial charge in [0.05, 0.1) is 0 Å². The van der Waals surface area contributed by atoms with Gasteiger partial charge in [-0.2, -0.15) is 0 Å². The summed E-state index contributed by atoms with van der Waals surface area (Å²) in [6.07, 6.45) is 13.1. The molecule has 3 atom stereocenters. The van der Waals surface area contributed by atoms with Crippen LogP contribution in [0, 0.1) is 11.8 Å². The van der Waals surface area contributed by atoms with Crippen LogP contribution >= 0.6 is 0 Å². The first-order chi connectivity index (χ1) is 8.85. The summed E-state index contributed by atoms with van der Waals surface area (Å²) < 4.78 is 0. The smallest absolute Gasteiger partial charge is 0.0163 e. The average molecular weight is 245 g/mol. The molecule has 0 aromatic carbocycles. The van der Waals surface area contributed by atoms with E-state index in [0.717, 1.165) is 17.9 Å². The summed E-state index contributed by atoms with van der Waals surface area (Å²) >= 11 is 0. The second kappa shape index (κ2) is 5.21. The molecule has 1 nitrogen and oxygen atoms in total. The molecule has 0 amide bonds. The maximum Gasteiger partial charge on any atom is 0.0163 e. The molecule has 0 aromatic rings. The quantitative estimate of drug-likeness (QED) is 0.675. The highest BCUT2D eigenvalue weighted by atomic mass is 15.2. The van der Waals surface area contributed by atoms with Crippen molar-refractivity contribution in [2.24, 2.45) is 11.8 Å². The number of hydrogen-bond donors (Lipinski definition) is 0. The van der Waals surface area contributed by atoms with Crippen LogP contribution in [0.1, 0.15) is 52.4 Å². The molecule has 0 bridgehead atoms. The third kappa shape index (κ3) is 1.97. The number of nitrogens with zero attached hydrogens (tertiary/aromatic N) is 1. The lowest BCUT2D eigenvalue weighted by atomic mass is 9.74. The summed E-state index contributed by atoms with van der Waals surface area (Å²) in [5.74, 6) is 1.88. The summed E-state index contributed by atoms with van der Waals surface area (Å²) in [6.45, 7) is 7.11. The molecular weight excluding hydrogens is 218 g/mol. The van der Waals surface area contributed by atoms with Gasteiger partial charge in [-0.15, -0.1) is 0 Å². The van der Waals surface area contributed by atoms with E-state index in [1.807, 2.05) is 11.1 Å². The Bertz CT molecular complexity index is 362. The van der Waals surface area contributed by atoms with Gasteiger partial charge in [-0.25, -0.2) is 0 Å². The zero-order valence-corrected chi connectivity index (χ0v) is 12.0. The molecule has 3 aliphatic rings. The molecule has 0 aromatic heterocycles. The van der Waals surface area contributed by atoms with Crippen molar-refractivity contribution in [1.29, 1.82) is 0 Å². The highest BCUT2D eigenvalue weighted by Gasteiger charge is 2.42. The van der Waals surface area contributed by atoms with Gasteiger partial charge in [-0.1, -0.05) is 43.6 Å². The van der Waals surface area contributed by atoms with Crippen molar-refractivity contribution in [2.45, 2.75) is 58.4 Å². The Balaban J connectivity index is 1.85. The second-order valence-corrected chi connectivity index (χ2v) is 6.22. The molecular formula is C17H27N. The zero-order chi connectivity index (χ0) is 12.5. The largest absolute Gasteiger partial charge is 0.300 e. The van der Waals surface area contributed by atoms with E-state index in [1.165, 1.54) is 51.6 Å². The molecule has 0 N–H and O–H groups in total. The van der Waals surface area contributed by atoms with E-state index in [0.29, 0.717) is 0 Å². The van der Waals surface area contributed by atoms with E-state index >= 15 is 0 Å². The fraction of sp³-hybridized carbons (Fsp3) is 0.765. The van der Waals surface area contributed by atoms with Crippen molar-refractivity contribution in [1.82, 2.24) is 4.90 Å². The van der Waals surface area contributed by atoms with Crippen LogP contribution in [0.15, 0.2) is 23.3 Å². The van der Waals surface area contributed by atoms with Crippen molar-refractivity contribution in [3.63, 3.8) is 0 Å². The number of allylic oxidation sites excluding steroid dienone is 3. The average Bonchev–Trinajstić information content (AvgIpc) is 2.79. The van der Waals surface area contributed by atoms with Gasteiger partial charge in [0.15, 0.2) is 0 Å². The van der Waals surface area contributed by atoms with E-state index in [9.17, 15) is 0 Å². The second-order valence-electron chi connectivity index (χ2n) is 6.22. The molecule has 100 valence electrons. The summed E-state index contributed by atoms with van der Waals surface area (Å²) in [5, 5.41) is 0. The fourth-order valence-corrected chi connectivity index (χ4v) is 4.72. The van der Waals surface area contributed by atoms with Crippen LogP contribution in [0.3, 0.4) is 0 Å². The molecule has 3 rings (SSSR count). The summed E-state index contributed by atoms with van der Waals surface area (Å²) in [6, 6.07) is 0.845. The van der Waals surface area contributed by atoms with Gasteiger partial charge < -0.3 is 4.90 Å². The molecule has 3 aliphatic carbocycles. The molecule has 0 radical (unpaired) electrons. The minimum atomic E-state index is 0.845. The third-order valence-electron chi connectivity index (χ3n) is 5.51. The predicted octanol–water partition coefficient (Wildman–Crippen LogP) is 4.16. The highest BCUT2D eigenvalue weighted by molar-refractivity contribution is 5.33. The molecule has 1 saturated carbocycles. The Labute approximate surface area is 112 Å². The Morgan fingerprint density at radius 2 is 1.89 bits per heavy atom. The van der Waals surface area contributed by atoms with Crippen LogP contribution in [0.2, 0.25) is 0 Å². The minimum Gasteiger partial charge on any atom is -0.300 e. The van der Waals surface area contributed by atoms with Crippen molar-refractivity contribution in [3.8, 4) is 0 Å². The number of hydrogen-bond acceptors (Lipinski definition) is 1. The maximum absolute atomic E-state index is 2.73. The molecule has 18 heavy (non-hydrogen) atoms. The van der Waals surface area contributed by atoms with Crippen LogP contribution in [-0.2, 0) is 0 Å². The Kier molecular flexibility index (Phi) is 3.61. The SMILES string of the molecule is CCN(CC)C1CCCC2CC3=C(CC=CC3)C21. The van der Waals surface area contributed by atoms with Gasteiger partial charge >= 0.3 is 0 Å². The first-order valence-corrected chi connectivity index (χ1v) is 7.95. The lowest BCUT2D eigenvalue weighted by Gasteiger charge is -2.42. The minimum absolute atomic E-state index is 0.845. The van der Waals surface area contributed by atoms with Gasteiger partial charge in [0.2, 0.25) is 0 Å². The van der Waals surface area contributed by atoms with Crippen LogP contribution in [-0.4, -0.2) is 24.0 Å². The summed E-state index contributed by atoms with van der Waals surface area (Å²) in [4.78, 5) is 2.73. The number of fused-ring (bicyclic) bond motifs is 2.